The molecule has 0 aromatic heterocycles. The van der Waals surface area contributed by atoms with Gasteiger partial charge in [0.15, 0.2) is 5.78 Å². The van der Waals surface area contributed by atoms with E-state index in [0.717, 1.165) is 16.4 Å². The Morgan fingerprint density at radius 1 is 1.26 bits per heavy atom. The van der Waals surface area contributed by atoms with Gasteiger partial charge >= 0.3 is 0 Å². The minimum atomic E-state index is -3.10. The van der Waals surface area contributed by atoms with Crippen LogP contribution in [0.4, 0.5) is 8.78 Å². The Morgan fingerprint density at radius 2 is 1.95 bits per heavy atom. The first kappa shape index (κ1) is 13.4. The van der Waals surface area contributed by atoms with Crippen LogP contribution in [0, 0.1) is 9.49 Å². The molecule has 3 saturated heterocycles. The molecule has 1 aromatic rings. The van der Waals surface area contributed by atoms with Crippen LogP contribution in [0.3, 0.4) is 0 Å². The lowest BCUT2D eigenvalue weighted by Crippen LogP contribution is -2.61. The molecule has 1 unspecified atom stereocenters. The molecular weight excluding hydrogens is 363 g/mol. The largest absolute Gasteiger partial charge is 0.297 e. The maximum absolute atomic E-state index is 14.7. The highest BCUT2D eigenvalue weighted by Crippen LogP contribution is 2.42. The van der Waals surface area contributed by atoms with Gasteiger partial charge in [-0.05, 0) is 60.7 Å². The fourth-order valence-electron chi connectivity index (χ4n) is 3.11. The summed E-state index contributed by atoms with van der Waals surface area (Å²) in [4.78, 5) is 13.8. The third-order valence-corrected chi connectivity index (χ3v) is 4.79. The molecule has 102 valence electrons. The van der Waals surface area contributed by atoms with E-state index in [4.69, 9.17) is 0 Å². The highest BCUT2D eigenvalue weighted by molar-refractivity contribution is 14.1. The number of halogens is 3. The van der Waals surface area contributed by atoms with E-state index in [0.29, 0.717) is 13.1 Å². The lowest BCUT2D eigenvalue weighted by molar-refractivity contribution is -0.162. The van der Waals surface area contributed by atoms with Gasteiger partial charge in [0.2, 0.25) is 0 Å². The Hall–Kier alpha value is -0.560. The minimum absolute atomic E-state index is 0.0506. The van der Waals surface area contributed by atoms with Gasteiger partial charge < -0.3 is 0 Å². The highest BCUT2D eigenvalue weighted by atomic mass is 127. The molecule has 4 rings (SSSR count). The molecule has 0 amide bonds. The third kappa shape index (κ3) is 2.20. The number of carbonyl (C=O) groups is 1. The number of carbonyl (C=O) groups excluding carboxylic acids is 1. The van der Waals surface area contributed by atoms with Crippen molar-refractivity contribution in [2.24, 2.45) is 5.92 Å². The molecule has 2 nitrogen and oxygen atoms in total. The molecule has 0 radical (unpaired) electrons. The second-order valence-electron chi connectivity index (χ2n) is 5.25. The standard InChI is InChI=1S/C14H14F2INO/c15-14(16,10-2-1-3-11(17)8-10)13-12(19)9-4-6-18(13)7-5-9/h1-3,8-9,13H,4-7H2. The van der Waals surface area contributed by atoms with E-state index in [-0.39, 0.29) is 17.3 Å². The van der Waals surface area contributed by atoms with Crippen molar-refractivity contribution >= 4 is 28.4 Å². The number of piperidine rings is 3. The van der Waals surface area contributed by atoms with Gasteiger partial charge in [-0.3, -0.25) is 9.69 Å². The van der Waals surface area contributed by atoms with Crippen LogP contribution in [0.5, 0.6) is 0 Å². The van der Waals surface area contributed by atoms with Gasteiger partial charge in [-0.1, -0.05) is 12.1 Å². The summed E-state index contributed by atoms with van der Waals surface area (Å²) < 4.78 is 30.1. The summed E-state index contributed by atoms with van der Waals surface area (Å²) in [5, 5.41) is 0. The second-order valence-corrected chi connectivity index (χ2v) is 6.49. The lowest BCUT2D eigenvalue weighted by Gasteiger charge is -2.46. The third-order valence-electron chi connectivity index (χ3n) is 4.12. The molecule has 3 aliphatic rings. The van der Waals surface area contributed by atoms with Gasteiger partial charge in [0.1, 0.15) is 6.04 Å². The lowest BCUT2D eigenvalue weighted by atomic mass is 9.78. The van der Waals surface area contributed by atoms with Crippen molar-refractivity contribution < 1.29 is 13.6 Å². The number of nitrogens with zero attached hydrogens (tertiary/aromatic N) is 1. The van der Waals surface area contributed by atoms with Crippen LogP contribution in [-0.4, -0.2) is 29.8 Å². The summed E-state index contributed by atoms with van der Waals surface area (Å²) in [5.41, 5.74) is -0.0506. The number of fused-ring (bicyclic) bond motifs is 3. The highest BCUT2D eigenvalue weighted by Gasteiger charge is 2.54. The topological polar surface area (TPSA) is 20.3 Å². The molecule has 3 aliphatic heterocycles. The zero-order valence-corrected chi connectivity index (χ0v) is 12.4. The van der Waals surface area contributed by atoms with E-state index < -0.39 is 12.0 Å². The maximum Gasteiger partial charge on any atom is 0.295 e. The van der Waals surface area contributed by atoms with E-state index in [1.54, 1.807) is 17.0 Å². The molecule has 1 aromatic carbocycles. The summed E-state index contributed by atoms with van der Waals surface area (Å²) in [5.74, 6) is -3.54. The van der Waals surface area contributed by atoms with Crippen molar-refractivity contribution in [2.45, 2.75) is 24.8 Å². The van der Waals surface area contributed by atoms with E-state index in [1.165, 1.54) is 12.1 Å². The predicted octanol–water partition coefficient (Wildman–Crippen LogP) is 3.05. The van der Waals surface area contributed by atoms with Gasteiger partial charge in [-0.25, -0.2) is 0 Å². The minimum Gasteiger partial charge on any atom is -0.297 e. The van der Waals surface area contributed by atoms with E-state index in [1.807, 2.05) is 22.6 Å². The number of hydrogen-bond acceptors (Lipinski definition) is 2. The van der Waals surface area contributed by atoms with Crippen molar-refractivity contribution in [3.05, 3.63) is 33.4 Å². The molecule has 0 spiro atoms. The number of alkyl halides is 2. The number of hydrogen-bond donors (Lipinski definition) is 0. The van der Waals surface area contributed by atoms with Crippen LogP contribution in [0.25, 0.3) is 0 Å². The molecule has 2 bridgehead atoms. The SMILES string of the molecule is O=C1C2CCN(CC2)C1C(F)(F)c1cccc(I)c1. The van der Waals surface area contributed by atoms with Crippen molar-refractivity contribution in [2.75, 3.05) is 13.1 Å². The Kier molecular flexibility index (Phi) is 3.37. The number of Topliss-reactive ketones (excluding diaryl/α,β-unsaturated/α-hetero) is 1. The Morgan fingerprint density at radius 3 is 2.53 bits per heavy atom. The first-order valence-electron chi connectivity index (χ1n) is 6.42. The van der Waals surface area contributed by atoms with Crippen LogP contribution >= 0.6 is 22.6 Å². The Bertz CT molecular complexity index is 512. The van der Waals surface area contributed by atoms with Gasteiger partial charge in [-0.2, -0.15) is 8.78 Å². The number of benzene rings is 1. The molecule has 5 heteroatoms. The predicted molar refractivity (Wildman–Crippen MR) is 76.1 cm³/mol. The van der Waals surface area contributed by atoms with Gasteiger partial charge in [0.25, 0.3) is 5.92 Å². The van der Waals surface area contributed by atoms with Crippen LogP contribution in [0.1, 0.15) is 18.4 Å². The molecular formula is C14H14F2INO. The fraction of sp³-hybridized carbons (Fsp3) is 0.500. The summed E-state index contributed by atoms with van der Waals surface area (Å²) in [7, 11) is 0. The van der Waals surface area contributed by atoms with Crippen molar-refractivity contribution in [3.8, 4) is 0 Å². The van der Waals surface area contributed by atoms with Crippen LogP contribution < -0.4 is 0 Å². The van der Waals surface area contributed by atoms with Crippen LogP contribution in [0.15, 0.2) is 24.3 Å². The maximum atomic E-state index is 14.7. The zero-order valence-electron chi connectivity index (χ0n) is 10.3. The van der Waals surface area contributed by atoms with E-state index in [9.17, 15) is 13.6 Å². The molecule has 19 heavy (non-hydrogen) atoms. The van der Waals surface area contributed by atoms with E-state index >= 15 is 0 Å². The second kappa shape index (κ2) is 4.77. The smallest absolute Gasteiger partial charge is 0.295 e. The fourth-order valence-corrected chi connectivity index (χ4v) is 3.65. The Labute approximate surface area is 124 Å². The summed E-state index contributed by atoms with van der Waals surface area (Å²) in [6.07, 6.45) is 1.47. The molecule has 0 aliphatic carbocycles. The quantitative estimate of drug-likeness (QED) is 0.739. The average Bonchev–Trinajstić information content (AvgIpc) is 2.39. The first-order chi connectivity index (χ1) is 9.00. The molecule has 0 saturated carbocycles. The molecule has 3 heterocycles. The normalized spacial score (nSPS) is 30.7. The van der Waals surface area contributed by atoms with Crippen LogP contribution in [0.2, 0.25) is 0 Å². The average molecular weight is 377 g/mol. The molecule has 1 atom stereocenters. The van der Waals surface area contributed by atoms with Crippen molar-refractivity contribution in [1.29, 1.82) is 0 Å². The Balaban J connectivity index is 1.98. The molecule has 0 N–H and O–H groups in total. The van der Waals surface area contributed by atoms with E-state index in [2.05, 4.69) is 0 Å². The number of rotatable bonds is 2. The van der Waals surface area contributed by atoms with Gasteiger partial charge in [0, 0.05) is 15.1 Å². The van der Waals surface area contributed by atoms with Crippen molar-refractivity contribution in [1.82, 2.24) is 4.90 Å². The van der Waals surface area contributed by atoms with Gasteiger partial charge in [-0.15, -0.1) is 0 Å². The van der Waals surface area contributed by atoms with Gasteiger partial charge in [0.05, 0.1) is 0 Å². The monoisotopic (exact) mass is 377 g/mol. The molecule has 3 fully saturated rings. The van der Waals surface area contributed by atoms with Crippen molar-refractivity contribution in [3.63, 3.8) is 0 Å². The summed E-state index contributed by atoms with van der Waals surface area (Å²) in [6.45, 7) is 1.22. The first-order valence-corrected chi connectivity index (χ1v) is 7.49. The number of ketones is 1. The summed E-state index contributed by atoms with van der Waals surface area (Å²) in [6, 6.07) is 5.01. The zero-order chi connectivity index (χ0) is 13.6. The van der Waals surface area contributed by atoms with Crippen LogP contribution in [-0.2, 0) is 10.7 Å². The summed E-state index contributed by atoms with van der Waals surface area (Å²) >= 11 is 2.01.